The first-order valence-electron chi connectivity index (χ1n) is 4.83. The van der Waals surface area contributed by atoms with Crippen LogP contribution in [-0.2, 0) is 4.74 Å². The van der Waals surface area contributed by atoms with Crippen molar-refractivity contribution in [2.24, 2.45) is 0 Å². The summed E-state index contributed by atoms with van der Waals surface area (Å²) in [5.74, 6) is -0.641. The van der Waals surface area contributed by atoms with Crippen molar-refractivity contribution in [2.75, 3.05) is 7.11 Å². The molecule has 88 valence electrons. The van der Waals surface area contributed by atoms with Crippen molar-refractivity contribution >= 4 is 17.3 Å². The Balaban J connectivity index is 2.55. The zero-order valence-electron chi connectivity index (χ0n) is 9.01. The number of thiophene rings is 1. The number of rotatable bonds is 2. The molecule has 4 nitrogen and oxygen atoms in total. The molecule has 2 rings (SSSR count). The van der Waals surface area contributed by atoms with Gasteiger partial charge in [-0.1, -0.05) is 29.5 Å². The Morgan fingerprint density at radius 1 is 1.29 bits per heavy atom. The highest BCUT2D eigenvalue weighted by atomic mass is 32.1. The van der Waals surface area contributed by atoms with Gasteiger partial charge in [0.1, 0.15) is 0 Å². The molecule has 0 atom stereocenters. The molecule has 0 radical (unpaired) electrons. The van der Waals surface area contributed by atoms with Crippen LogP contribution in [0.3, 0.4) is 0 Å². The van der Waals surface area contributed by atoms with E-state index in [0.717, 1.165) is 11.3 Å². The zero-order valence-corrected chi connectivity index (χ0v) is 9.82. The van der Waals surface area contributed by atoms with E-state index in [-0.39, 0.29) is 10.8 Å². The van der Waals surface area contributed by atoms with E-state index in [0.29, 0.717) is 16.0 Å². The minimum absolute atomic E-state index is 0.167. The summed E-state index contributed by atoms with van der Waals surface area (Å²) < 4.78 is 4.68. The molecular weight excluding hydrogens is 240 g/mol. The summed E-state index contributed by atoms with van der Waals surface area (Å²) >= 11 is 1.01. The van der Waals surface area contributed by atoms with Crippen molar-refractivity contribution in [3.05, 3.63) is 35.9 Å². The van der Waals surface area contributed by atoms with Gasteiger partial charge >= 0.3 is 5.97 Å². The van der Waals surface area contributed by atoms with Crippen LogP contribution < -0.4 is 0 Å². The van der Waals surface area contributed by atoms with Crippen LogP contribution in [0, 0.1) is 0 Å². The Morgan fingerprint density at radius 2 is 2.00 bits per heavy atom. The predicted octanol–water partition coefficient (Wildman–Crippen LogP) is 2.61. The second-order valence-electron chi connectivity index (χ2n) is 3.34. The summed E-state index contributed by atoms with van der Waals surface area (Å²) in [7, 11) is 1.31. The number of benzene rings is 1. The number of carbonyl (C=O) groups is 1. The zero-order chi connectivity index (χ0) is 12.4. The fraction of sp³-hybridized carbons (Fsp3) is 0.0833. The lowest BCUT2D eigenvalue weighted by molar-refractivity contribution is 0.0601. The van der Waals surface area contributed by atoms with Gasteiger partial charge in [-0.15, -0.1) is 0 Å². The molecule has 0 spiro atoms. The largest absolute Gasteiger partial charge is 0.504 e. The Hall–Kier alpha value is -2.01. The highest BCUT2D eigenvalue weighted by molar-refractivity contribution is 7.17. The van der Waals surface area contributed by atoms with Gasteiger partial charge in [0.05, 0.1) is 12.7 Å². The number of hydrogen-bond acceptors (Lipinski definition) is 5. The molecule has 0 fully saturated rings. The van der Waals surface area contributed by atoms with E-state index >= 15 is 0 Å². The number of aromatic hydroxyl groups is 2. The average Bonchev–Trinajstić information content (AvgIpc) is 2.68. The van der Waals surface area contributed by atoms with E-state index in [1.165, 1.54) is 13.2 Å². The number of methoxy groups -OCH3 is 1. The van der Waals surface area contributed by atoms with Crippen molar-refractivity contribution in [2.45, 2.75) is 0 Å². The lowest BCUT2D eigenvalue weighted by Gasteiger charge is -2.04. The minimum Gasteiger partial charge on any atom is -0.504 e. The Kier molecular flexibility index (Phi) is 3.01. The third-order valence-electron chi connectivity index (χ3n) is 2.29. The van der Waals surface area contributed by atoms with E-state index in [9.17, 15) is 15.0 Å². The summed E-state index contributed by atoms with van der Waals surface area (Å²) in [4.78, 5) is 12.2. The predicted molar refractivity (Wildman–Crippen MR) is 64.4 cm³/mol. The average molecular weight is 250 g/mol. The van der Waals surface area contributed by atoms with Crippen molar-refractivity contribution in [3.8, 4) is 21.3 Å². The molecule has 1 aromatic heterocycles. The summed E-state index contributed by atoms with van der Waals surface area (Å²) in [6, 6.07) is 8.28. The second-order valence-corrected chi connectivity index (χ2v) is 4.37. The normalized spacial score (nSPS) is 10.2. The van der Waals surface area contributed by atoms with Crippen LogP contribution in [0.1, 0.15) is 10.4 Å². The van der Waals surface area contributed by atoms with E-state index < -0.39 is 5.97 Å². The van der Waals surface area contributed by atoms with Crippen LogP contribution in [0.25, 0.3) is 10.4 Å². The first kappa shape index (κ1) is 11.5. The molecule has 0 aliphatic carbocycles. The summed E-state index contributed by atoms with van der Waals surface area (Å²) in [6.45, 7) is 0. The molecule has 2 aromatic rings. The van der Waals surface area contributed by atoms with Gasteiger partial charge in [0, 0.05) is 16.5 Å². The number of carbonyl (C=O) groups excluding carboxylic acids is 1. The van der Waals surface area contributed by atoms with E-state index in [4.69, 9.17) is 0 Å². The first-order chi connectivity index (χ1) is 8.13. The standard InChI is InChI=1S/C12H10O4S/c1-16-11(14)8-5-3-2-4-7(8)10-6-9(13)12(15)17-10/h2-6,13,15H,1H3. The maximum atomic E-state index is 11.6. The quantitative estimate of drug-likeness (QED) is 0.804. The maximum Gasteiger partial charge on any atom is 0.338 e. The molecular formula is C12H10O4S. The van der Waals surface area contributed by atoms with Crippen molar-refractivity contribution in [3.63, 3.8) is 0 Å². The van der Waals surface area contributed by atoms with Crippen LogP contribution in [0.5, 0.6) is 10.8 Å². The summed E-state index contributed by atoms with van der Waals surface area (Å²) in [6.07, 6.45) is 0. The Morgan fingerprint density at radius 3 is 2.59 bits per heavy atom. The first-order valence-corrected chi connectivity index (χ1v) is 5.64. The third-order valence-corrected chi connectivity index (χ3v) is 3.25. The monoisotopic (exact) mass is 250 g/mol. The molecule has 1 heterocycles. The molecule has 2 N–H and O–H groups in total. The lowest BCUT2D eigenvalue weighted by atomic mass is 10.1. The van der Waals surface area contributed by atoms with E-state index in [1.54, 1.807) is 24.3 Å². The van der Waals surface area contributed by atoms with Gasteiger partial charge in [0.15, 0.2) is 5.75 Å². The fourth-order valence-electron chi connectivity index (χ4n) is 1.49. The van der Waals surface area contributed by atoms with Gasteiger partial charge < -0.3 is 14.9 Å². The summed E-state index contributed by atoms with van der Waals surface area (Å²) in [5, 5.41) is 18.5. The molecule has 5 heteroatoms. The van der Waals surface area contributed by atoms with Crippen LogP contribution >= 0.6 is 11.3 Å². The topological polar surface area (TPSA) is 66.8 Å². The van der Waals surface area contributed by atoms with E-state index in [1.807, 2.05) is 0 Å². The molecule has 1 aromatic carbocycles. The lowest BCUT2D eigenvalue weighted by Crippen LogP contribution is -2.02. The highest BCUT2D eigenvalue weighted by Crippen LogP contribution is 2.41. The van der Waals surface area contributed by atoms with Gasteiger partial charge in [-0.05, 0) is 6.07 Å². The van der Waals surface area contributed by atoms with Crippen LogP contribution in [0.4, 0.5) is 0 Å². The number of esters is 1. The Labute approximate surface area is 102 Å². The van der Waals surface area contributed by atoms with Crippen molar-refractivity contribution in [1.29, 1.82) is 0 Å². The SMILES string of the molecule is COC(=O)c1ccccc1-c1cc(O)c(O)s1. The number of ether oxygens (including phenoxy) is 1. The van der Waals surface area contributed by atoms with Gasteiger partial charge in [-0.25, -0.2) is 4.79 Å². The van der Waals surface area contributed by atoms with Crippen LogP contribution in [-0.4, -0.2) is 23.3 Å². The summed E-state index contributed by atoms with van der Waals surface area (Å²) in [5.41, 5.74) is 1.02. The van der Waals surface area contributed by atoms with Gasteiger partial charge in [-0.2, -0.15) is 0 Å². The molecule has 0 aliphatic heterocycles. The number of hydrogen-bond donors (Lipinski definition) is 2. The molecule has 0 unspecified atom stereocenters. The smallest absolute Gasteiger partial charge is 0.338 e. The van der Waals surface area contributed by atoms with Gasteiger partial charge in [0.2, 0.25) is 5.06 Å². The maximum absolute atomic E-state index is 11.6. The molecule has 0 saturated heterocycles. The molecule has 0 bridgehead atoms. The van der Waals surface area contributed by atoms with Crippen molar-refractivity contribution in [1.82, 2.24) is 0 Å². The third kappa shape index (κ3) is 2.09. The van der Waals surface area contributed by atoms with Gasteiger partial charge in [0.25, 0.3) is 0 Å². The highest BCUT2D eigenvalue weighted by Gasteiger charge is 2.16. The van der Waals surface area contributed by atoms with Crippen LogP contribution in [0.15, 0.2) is 30.3 Å². The molecule has 0 aliphatic rings. The minimum atomic E-state index is -0.451. The van der Waals surface area contributed by atoms with Gasteiger partial charge in [-0.3, -0.25) is 0 Å². The van der Waals surface area contributed by atoms with E-state index in [2.05, 4.69) is 4.74 Å². The molecule has 0 amide bonds. The Bertz CT molecular complexity index is 540. The molecule has 17 heavy (non-hydrogen) atoms. The second kappa shape index (κ2) is 4.47. The fourth-order valence-corrected chi connectivity index (χ4v) is 2.32. The van der Waals surface area contributed by atoms with Crippen molar-refractivity contribution < 1.29 is 19.7 Å². The molecule has 0 saturated carbocycles. The van der Waals surface area contributed by atoms with Crippen LogP contribution in [0.2, 0.25) is 0 Å².